The van der Waals surface area contributed by atoms with Crippen LogP contribution in [0.3, 0.4) is 0 Å². The van der Waals surface area contributed by atoms with Crippen LogP contribution in [0.1, 0.15) is 36.2 Å². The molecule has 2 nitrogen and oxygen atoms in total. The van der Waals surface area contributed by atoms with E-state index in [0.29, 0.717) is 12.0 Å². The molecule has 1 aromatic heterocycles. The lowest BCUT2D eigenvalue weighted by Gasteiger charge is -2.37. The van der Waals surface area contributed by atoms with E-state index in [4.69, 9.17) is 11.6 Å². The average molecular weight is 270 g/mol. The molecule has 1 aliphatic heterocycles. The molecule has 2 aliphatic rings. The van der Waals surface area contributed by atoms with Crippen LogP contribution in [0, 0.1) is 5.92 Å². The molecular weight excluding hydrogens is 254 g/mol. The number of hydrogen-bond acceptors (Lipinski definition) is 2. The molecule has 92 valence electrons. The molecule has 1 saturated carbocycles. The molecule has 1 aromatic rings. The normalized spacial score (nSPS) is 25.5. The van der Waals surface area contributed by atoms with Crippen LogP contribution in [0.2, 0.25) is 0 Å². The molecule has 0 bridgehead atoms. The van der Waals surface area contributed by atoms with Crippen molar-refractivity contribution in [1.82, 2.24) is 4.90 Å². The largest absolute Gasteiger partial charge is 0.334 e. The summed E-state index contributed by atoms with van der Waals surface area (Å²) in [7, 11) is 0. The molecule has 2 unspecified atom stereocenters. The van der Waals surface area contributed by atoms with Gasteiger partial charge in [-0.3, -0.25) is 4.79 Å². The topological polar surface area (TPSA) is 20.3 Å². The Morgan fingerprint density at radius 3 is 3.00 bits per heavy atom. The molecule has 4 heteroatoms. The summed E-state index contributed by atoms with van der Waals surface area (Å²) in [4.78, 5) is 15.7. The van der Waals surface area contributed by atoms with Crippen molar-refractivity contribution in [2.45, 2.75) is 37.6 Å². The molecule has 0 spiro atoms. The maximum Gasteiger partial charge on any atom is 0.240 e. The highest BCUT2D eigenvalue weighted by atomic mass is 35.5. The van der Waals surface area contributed by atoms with E-state index >= 15 is 0 Å². The van der Waals surface area contributed by atoms with Gasteiger partial charge in [0.15, 0.2) is 0 Å². The summed E-state index contributed by atoms with van der Waals surface area (Å²) in [6, 6.07) is 2.50. The van der Waals surface area contributed by atoms with Crippen molar-refractivity contribution in [3.8, 4) is 0 Å². The smallest absolute Gasteiger partial charge is 0.240 e. The van der Waals surface area contributed by atoms with Gasteiger partial charge in [-0.25, -0.2) is 0 Å². The van der Waals surface area contributed by atoms with Crippen LogP contribution in [0.15, 0.2) is 11.4 Å². The molecular formula is C13H16ClNOS. The summed E-state index contributed by atoms with van der Waals surface area (Å²) in [5, 5.41) is 1.74. The second kappa shape index (κ2) is 4.29. The Hall–Kier alpha value is -0.540. The Labute approximate surface area is 111 Å². The Balaban J connectivity index is 1.93. The molecule has 0 aromatic carbocycles. The fourth-order valence-electron chi connectivity index (χ4n) is 2.74. The van der Waals surface area contributed by atoms with E-state index in [9.17, 15) is 4.79 Å². The van der Waals surface area contributed by atoms with E-state index < -0.39 is 5.38 Å². The zero-order valence-corrected chi connectivity index (χ0v) is 11.4. The van der Waals surface area contributed by atoms with Crippen molar-refractivity contribution in [2.75, 3.05) is 6.54 Å². The van der Waals surface area contributed by atoms with Crippen LogP contribution >= 0.6 is 22.9 Å². The van der Waals surface area contributed by atoms with Crippen LogP contribution in [0.4, 0.5) is 0 Å². The van der Waals surface area contributed by atoms with Gasteiger partial charge in [-0.15, -0.1) is 22.9 Å². The van der Waals surface area contributed by atoms with E-state index in [1.54, 1.807) is 6.92 Å². The summed E-state index contributed by atoms with van der Waals surface area (Å²) in [6.07, 6.45) is 3.49. The molecule has 0 radical (unpaired) electrons. The number of fused-ring (bicyclic) bond motifs is 1. The minimum Gasteiger partial charge on any atom is -0.334 e. The minimum absolute atomic E-state index is 0.0976. The summed E-state index contributed by atoms with van der Waals surface area (Å²) in [5.74, 6) is 0.767. The van der Waals surface area contributed by atoms with Crippen LogP contribution in [-0.2, 0) is 11.2 Å². The summed E-state index contributed by atoms with van der Waals surface area (Å²) < 4.78 is 0. The number of carbonyl (C=O) groups is 1. The summed E-state index contributed by atoms with van der Waals surface area (Å²) >= 11 is 7.79. The predicted octanol–water partition coefficient (Wildman–Crippen LogP) is 3.21. The zero-order chi connectivity index (χ0) is 12.0. The first-order chi connectivity index (χ1) is 8.18. The Morgan fingerprint density at radius 1 is 1.59 bits per heavy atom. The monoisotopic (exact) mass is 269 g/mol. The number of thiophene rings is 1. The van der Waals surface area contributed by atoms with Crippen LogP contribution in [-0.4, -0.2) is 22.7 Å². The third kappa shape index (κ3) is 2.00. The van der Waals surface area contributed by atoms with E-state index in [-0.39, 0.29) is 5.91 Å². The fraction of sp³-hybridized carbons (Fsp3) is 0.615. The first kappa shape index (κ1) is 11.5. The van der Waals surface area contributed by atoms with Gasteiger partial charge in [-0.1, -0.05) is 0 Å². The first-order valence-electron chi connectivity index (χ1n) is 6.19. The van der Waals surface area contributed by atoms with Crippen LogP contribution in [0.25, 0.3) is 0 Å². The van der Waals surface area contributed by atoms with Crippen LogP contribution in [0.5, 0.6) is 0 Å². The molecule has 2 atom stereocenters. The molecule has 3 rings (SSSR count). The molecule has 0 saturated heterocycles. The average Bonchev–Trinajstić information content (AvgIpc) is 3.03. The number of nitrogens with zero attached hydrogens (tertiary/aromatic N) is 1. The Bertz CT molecular complexity index is 438. The lowest BCUT2D eigenvalue weighted by Crippen LogP contribution is -2.43. The number of carbonyl (C=O) groups excluding carboxylic acids is 1. The van der Waals surface area contributed by atoms with Crippen molar-refractivity contribution in [1.29, 1.82) is 0 Å². The third-order valence-corrected chi connectivity index (χ3v) is 4.89. The van der Waals surface area contributed by atoms with Crippen molar-refractivity contribution < 1.29 is 4.79 Å². The summed E-state index contributed by atoms with van der Waals surface area (Å²) in [6.45, 7) is 2.61. The van der Waals surface area contributed by atoms with Crippen molar-refractivity contribution in [3.63, 3.8) is 0 Å². The number of alkyl halides is 1. The molecule has 0 N–H and O–H groups in total. The molecule has 1 aliphatic carbocycles. The standard InChI is InChI=1S/C13H16ClNOS/c1-8(14)13(16)15-6-4-11-10(5-7-17-11)12(15)9-2-3-9/h5,7-9,12H,2-4,6H2,1H3. The molecule has 1 fully saturated rings. The first-order valence-corrected chi connectivity index (χ1v) is 7.51. The number of halogens is 1. The Morgan fingerprint density at radius 2 is 2.35 bits per heavy atom. The van der Waals surface area contributed by atoms with Gasteiger partial charge in [0.1, 0.15) is 5.38 Å². The van der Waals surface area contributed by atoms with Gasteiger partial charge in [0.25, 0.3) is 0 Å². The fourth-order valence-corrected chi connectivity index (χ4v) is 3.78. The minimum atomic E-state index is -0.406. The maximum absolute atomic E-state index is 12.2. The van der Waals surface area contributed by atoms with Gasteiger partial charge >= 0.3 is 0 Å². The van der Waals surface area contributed by atoms with E-state index in [0.717, 1.165) is 13.0 Å². The lowest BCUT2D eigenvalue weighted by molar-refractivity contribution is -0.133. The lowest BCUT2D eigenvalue weighted by atomic mass is 9.95. The maximum atomic E-state index is 12.2. The highest BCUT2D eigenvalue weighted by Crippen LogP contribution is 2.48. The molecule has 2 heterocycles. The van der Waals surface area contributed by atoms with E-state index in [1.807, 2.05) is 16.2 Å². The van der Waals surface area contributed by atoms with Gasteiger partial charge in [-0.05, 0) is 49.1 Å². The van der Waals surface area contributed by atoms with Crippen molar-refractivity contribution in [2.24, 2.45) is 5.92 Å². The highest BCUT2D eigenvalue weighted by Gasteiger charge is 2.42. The predicted molar refractivity (Wildman–Crippen MR) is 70.5 cm³/mol. The van der Waals surface area contributed by atoms with E-state index in [2.05, 4.69) is 11.4 Å². The molecule has 1 amide bonds. The summed E-state index contributed by atoms with van der Waals surface area (Å²) in [5.41, 5.74) is 1.38. The number of hydrogen-bond donors (Lipinski definition) is 0. The Kier molecular flexibility index (Phi) is 2.91. The highest BCUT2D eigenvalue weighted by molar-refractivity contribution is 7.10. The van der Waals surface area contributed by atoms with Gasteiger partial charge in [0.05, 0.1) is 6.04 Å². The number of amides is 1. The SMILES string of the molecule is CC(Cl)C(=O)N1CCc2sccc2C1C1CC1. The second-order valence-corrected chi connectivity index (χ2v) is 6.63. The van der Waals surface area contributed by atoms with Crippen molar-refractivity contribution in [3.05, 3.63) is 21.9 Å². The molecule has 17 heavy (non-hydrogen) atoms. The third-order valence-electron chi connectivity index (χ3n) is 3.71. The van der Waals surface area contributed by atoms with E-state index in [1.165, 1.54) is 23.3 Å². The second-order valence-electron chi connectivity index (χ2n) is 4.98. The van der Waals surface area contributed by atoms with Gasteiger partial charge in [-0.2, -0.15) is 0 Å². The quantitative estimate of drug-likeness (QED) is 0.755. The van der Waals surface area contributed by atoms with Gasteiger partial charge < -0.3 is 4.90 Å². The van der Waals surface area contributed by atoms with Crippen molar-refractivity contribution >= 4 is 28.8 Å². The van der Waals surface area contributed by atoms with Gasteiger partial charge in [0, 0.05) is 11.4 Å². The zero-order valence-electron chi connectivity index (χ0n) is 9.86. The number of rotatable bonds is 2. The van der Waals surface area contributed by atoms with Crippen LogP contribution < -0.4 is 0 Å². The van der Waals surface area contributed by atoms with Gasteiger partial charge in [0.2, 0.25) is 5.91 Å².